The van der Waals surface area contributed by atoms with E-state index in [1.54, 1.807) is 25.1 Å². The van der Waals surface area contributed by atoms with Crippen molar-refractivity contribution in [3.05, 3.63) is 56.8 Å². The first-order valence-electron chi connectivity index (χ1n) is 6.33. The van der Waals surface area contributed by atoms with Gasteiger partial charge in [0.1, 0.15) is 5.75 Å². The zero-order valence-corrected chi connectivity index (χ0v) is 13.2. The first kappa shape index (κ1) is 16.4. The van der Waals surface area contributed by atoms with Gasteiger partial charge < -0.3 is 10.2 Å². The number of aromatic nitrogens is 1. The Labute approximate surface area is 137 Å². The fraction of sp³-hybridized carbons (Fsp3) is 0.133. The minimum absolute atomic E-state index is 0.0358. The van der Waals surface area contributed by atoms with Gasteiger partial charge in [0, 0.05) is 22.9 Å². The zero-order chi connectivity index (χ0) is 16.1. The van der Waals surface area contributed by atoms with Crippen molar-refractivity contribution >= 4 is 35.6 Å². The molecular formula is C15H13Cl2N3O2. The summed E-state index contributed by atoms with van der Waals surface area (Å²) in [6.45, 7) is 1.40. The van der Waals surface area contributed by atoms with Crippen LogP contribution in [0.2, 0.25) is 10.0 Å². The van der Waals surface area contributed by atoms with Crippen LogP contribution in [0.25, 0.3) is 0 Å². The lowest BCUT2D eigenvalue weighted by atomic mass is 10.1. The van der Waals surface area contributed by atoms with Gasteiger partial charge in [0.2, 0.25) is 0 Å². The number of pyridine rings is 1. The van der Waals surface area contributed by atoms with Crippen LogP contribution in [0.5, 0.6) is 5.75 Å². The maximum atomic E-state index is 9.95. The molecule has 2 rings (SSSR count). The molecule has 0 spiro atoms. The number of aryl methyl sites for hydroxylation is 1. The molecule has 0 aliphatic rings. The Morgan fingerprint density at radius 2 is 1.95 bits per heavy atom. The maximum absolute atomic E-state index is 9.95. The lowest BCUT2D eigenvalue weighted by molar-refractivity contribution is 0.280. The molecule has 2 aromatic rings. The highest BCUT2D eigenvalue weighted by molar-refractivity contribution is 6.43. The first-order valence-corrected chi connectivity index (χ1v) is 7.09. The van der Waals surface area contributed by atoms with Crippen LogP contribution in [0.15, 0.2) is 34.6 Å². The number of benzene rings is 1. The molecule has 0 saturated carbocycles. The molecule has 0 fully saturated rings. The van der Waals surface area contributed by atoms with Crippen LogP contribution in [0.1, 0.15) is 22.4 Å². The van der Waals surface area contributed by atoms with E-state index in [4.69, 9.17) is 23.2 Å². The Morgan fingerprint density at radius 1 is 1.23 bits per heavy atom. The van der Waals surface area contributed by atoms with Gasteiger partial charge in [0.05, 0.1) is 34.8 Å². The van der Waals surface area contributed by atoms with E-state index in [0.29, 0.717) is 32.4 Å². The minimum atomic E-state index is -0.258. The van der Waals surface area contributed by atoms with Gasteiger partial charge in [-0.3, -0.25) is 4.98 Å². The number of hydrogen-bond acceptors (Lipinski definition) is 5. The van der Waals surface area contributed by atoms with Crippen LogP contribution in [-0.2, 0) is 6.61 Å². The number of rotatable bonds is 4. The van der Waals surface area contributed by atoms with E-state index in [1.165, 1.54) is 18.6 Å². The number of aliphatic hydroxyl groups is 1. The Hall–Kier alpha value is -1.95. The highest BCUT2D eigenvalue weighted by Crippen LogP contribution is 2.24. The summed E-state index contributed by atoms with van der Waals surface area (Å²) in [6.07, 6.45) is 4.28. The molecule has 22 heavy (non-hydrogen) atoms. The summed E-state index contributed by atoms with van der Waals surface area (Å²) in [7, 11) is 0. The summed E-state index contributed by atoms with van der Waals surface area (Å²) < 4.78 is 0. The topological polar surface area (TPSA) is 78.1 Å². The molecule has 0 aliphatic carbocycles. The molecule has 0 saturated heterocycles. The highest BCUT2D eigenvalue weighted by atomic mass is 35.5. The van der Waals surface area contributed by atoms with Crippen LogP contribution < -0.4 is 0 Å². The van der Waals surface area contributed by atoms with Gasteiger partial charge >= 0.3 is 0 Å². The van der Waals surface area contributed by atoms with E-state index < -0.39 is 0 Å². The second-order valence-corrected chi connectivity index (χ2v) is 5.21. The smallest absolute Gasteiger partial charge is 0.145 e. The third kappa shape index (κ3) is 3.62. The van der Waals surface area contributed by atoms with Crippen molar-refractivity contribution in [2.75, 3.05) is 0 Å². The molecule has 7 heteroatoms. The third-order valence-electron chi connectivity index (χ3n) is 2.96. The van der Waals surface area contributed by atoms with Crippen LogP contribution >= 0.6 is 23.2 Å². The van der Waals surface area contributed by atoms with E-state index in [-0.39, 0.29) is 12.4 Å². The van der Waals surface area contributed by atoms with Crippen molar-refractivity contribution in [1.82, 2.24) is 4.98 Å². The molecule has 1 aromatic heterocycles. The fourth-order valence-electron chi connectivity index (χ4n) is 1.73. The van der Waals surface area contributed by atoms with Gasteiger partial charge in [-0.15, -0.1) is 0 Å². The number of nitrogens with zero attached hydrogens (tertiary/aromatic N) is 3. The average Bonchev–Trinajstić information content (AvgIpc) is 2.51. The van der Waals surface area contributed by atoms with E-state index in [2.05, 4.69) is 15.2 Å². The molecule has 1 heterocycles. The summed E-state index contributed by atoms with van der Waals surface area (Å²) in [5.41, 5.74) is 1.91. The molecule has 0 unspecified atom stereocenters. The Kier molecular flexibility index (Phi) is 5.49. The molecule has 0 bridgehead atoms. The Bertz CT molecular complexity index is 746. The number of aromatic hydroxyl groups is 1. The molecule has 114 valence electrons. The van der Waals surface area contributed by atoms with Gasteiger partial charge in [-0.25, -0.2) is 0 Å². The van der Waals surface area contributed by atoms with Crippen molar-refractivity contribution in [3.63, 3.8) is 0 Å². The molecule has 0 radical (unpaired) electrons. The molecular weight excluding hydrogens is 325 g/mol. The van der Waals surface area contributed by atoms with Gasteiger partial charge in [-0.1, -0.05) is 35.3 Å². The monoisotopic (exact) mass is 337 g/mol. The number of aliphatic hydroxyl groups excluding tert-OH is 1. The number of halogens is 2. The molecule has 1 aromatic carbocycles. The molecule has 0 aliphatic heterocycles. The zero-order valence-electron chi connectivity index (χ0n) is 11.7. The SMILES string of the molecule is Cc1ncc(CO)c(C=NN=Cc2cccc(Cl)c2Cl)c1O. The number of hydrogen-bond donors (Lipinski definition) is 2. The predicted octanol–water partition coefficient (Wildman–Crippen LogP) is 3.35. The molecule has 5 nitrogen and oxygen atoms in total. The second kappa shape index (κ2) is 7.35. The first-order chi connectivity index (χ1) is 10.5. The lowest BCUT2D eigenvalue weighted by Gasteiger charge is -2.06. The largest absolute Gasteiger partial charge is 0.505 e. The quantitative estimate of drug-likeness (QED) is 0.663. The Morgan fingerprint density at radius 3 is 2.68 bits per heavy atom. The summed E-state index contributed by atoms with van der Waals surface area (Å²) >= 11 is 11.9. The maximum Gasteiger partial charge on any atom is 0.145 e. The van der Waals surface area contributed by atoms with E-state index in [9.17, 15) is 10.2 Å². The fourth-order valence-corrected chi connectivity index (χ4v) is 2.09. The average molecular weight is 338 g/mol. The van der Waals surface area contributed by atoms with E-state index in [0.717, 1.165) is 0 Å². The Balaban J connectivity index is 2.25. The van der Waals surface area contributed by atoms with Gasteiger partial charge in [-0.2, -0.15) is 10.2 Å². The summed E-state index contributed by atoms with van der Waals surface area (Å²) in [4.78, 5) is 3.97. The highest BCUT2D eigenvalue weighted by Gasteiger charge is 2.09. The predicted molar refractivity (Wildman–Crippen MR) is 88.2 cm³/mol. The second-order valence-electron chi connectivity index (χ2n) is 4.42. The van der Waals surface area contributed by atoms with Crippen molar-refractivity contribution in [2.24, 2.45) is 10.2 Å². The minimum Gasteiger partial charge on any atom is -0.505 e. The normalized spacial score (nSPS) is 11.6. The molecule has 0 amide bonds. The standard InChI is InChI=1S/C15H13Cl2N3O2/c1-9-15(22)12(11(8-21)5-18-9)7-20-19-6-10-3-2-4-13(16)14(10)17/h2-7,21-22H,8H2,1H3. The van der Waals surface area contributed by atoms with Gasteiger partial charge in [-0.05, 0) is 13.0 Å². The van der Waals surface area contributed by atoms with Gasteiger partial charge in [0.25, 0.3) is 0 Å². The van der Waals surface area contributed by atoms with E-state index in [1.807, 2.05) is 0 Å². The summed E-state index contributed by atoms with van der Waals surface area (Å²) in [6, 6.07) is 5.18. The lowest BCUT2D eigenvalue weighted by Crippen LogP contribution is -1.97. The van der Waals surface area contributed by atoms with Crippen molar-refractivity contribution < 1.29 is 10.2 Å². The van der Waals surface area contributed by atoms with Crippen molar-refractivity contribution in [1.29, 1.82) is 0 Å². The van der Waals surface area contributed by atoms with Crippen LogP contribution in [0, 0.1) is 6.92 Å². The van der Waals surface area contributed by atoms with Crippen LogP contribution in [0.4, 0.5) is 0 Å². The summed E-state index contributed by atoms with van der Waals surface area (Å²) in [5, 5.41) is 27.8. The molecule has 2 N–H and O–H groups in total. The van der Waals surface area contributed by atoms with Crippen LogP contribution in [-0.4, -0.2) is 27.6 Å². The van der Waals surface area contributed by atoms with Gasteiger partial charge in [0.15, 0.2) is 0 Å². The van der Waals surface area contributed by atoms with Crippen molar-refractivity contribution in [3.8, 4) is 5.75 Å². The third-order valence-corrected chi connectivity index (χ3v) is 3.79. The van der Waals surface area contributed by atoms with Crippen LogP contribution in [0.3, 0.4) is 0 Å². The van der Waals surface area contributed by atoms with Crippen molar-refractivity contribution in [2.45, 2.75) is 13.5 Å². The summed E-state index contributed by atoms with van der Waals surface area (Å²) in [5.74, 6) is -0.0358. The van der Waals surface area contributed by atoms with E-state index >= 15 is 0 Å². The molecule has 0 atom stereocenters.